The lowest BCUT2D eigenvalue weighted by Gasteiger charge is -2.39. The summed E-state index contributed by atoms with van der Waals surface area (Å²) in [5.74, 6) is 1.85. The van der Waals surface area contributed by atoms with Crippen molar-refractivity contribution < 1.29 is 18.7 Å². The van der Waals surface area contributed by atoms with Gasteiger partial charge >= 0.3 is 0 Å². The van der Waals surface area contributed by atoms with Gasteiger partial charge in [-0.05, 0) is 26.0 Å². The molecular weight excluding hydrogens is 389 g/mol. The van der Waals surface area contributed by atoms with Crippen LogP contribution in [0, 0.1) is 12.7 Å². The van der Waals surface area contributed by atoms with Crippen molar-refractivity contribution in [2.24, 2.45) is 0 Å². The van der Waals surface area contributed by atoms with Gasteiger partial charge in [-0.2, -0.15) is 4.98 Å². The third kappa shape index (κ3) is 3.48. The summed E-state index contributed by atoms with van der Waals surface area (Å²) in [4.78, 5) is 25.1. The lowest BCUT2D eigenvalue weighted by atomic mass is 9.89. The van der Waals surface area contributed by atoms with Crippen molar-refractivity contribution in [3.05, 3.63) is 29.7 Å². The first-order chi connectivity index (χ1) is 14.3. The molecule has 0 unspecified atom stereocenters. The first-order valence-corrected chi connectivity index (χ1v) is 9.94. The number of rotatable bonds is 5. The molecule has 1 saturated carbocycles. The molecule has 1 atom stereocenters. The van der Waals surface area contributed by atoms with E-state index in [1.54, 1.807) is 18.0 Å². The van der Waals surface area contributed by atoms with Crippen LogP contribution in [0.3, 0.4) is 0 Å². The minimum Gasteiger partial charge on any atom is -0.493 e. The van der Waals surface area contributed by atoms with Crippen LogP contribution in [-0.2, 0) is 4.79 Å². The molecule has 4 rings (SSSR count). The van der Waals surface area contributed by atoms with Crippen LogP contribution in [0.1, 0.15) is 25.5 Å². The molecule has 1 amide bonds. The Bertz CT molecular complexity index is 979. The quantitative estimate of drug-likeness (QED) is 0.804. The number of aromatic nitrogens is 2. The number of hydrogen-bond donors (Lipinski definition) is 1. The smallest absolute Gasteiger partial charge is 0.249 e. The summed E-state index contributed by atoms with van der Waals surface area (Å²) in [6.45, 7) is 3.75. The van der Waals surface area contributed by atoms with E-state index in [1.807, 2.05) is 25.8 Å². The molecule has 1 aliphatic heterocycles. The zero-order valence-electron chi connectivity index (χ0n) is 17.8. The Morgan fingerprint density at radius 3 is 2.63 bits per heavy atom. The van der Waals surface area contributed by atoms with E-state index in [4.69, 9.17) is 9.47 Å². The number of aryl methyl sites for hydroxylation is 1. The van der Waals surface area contributed by atoms with Gasteiger partial charge in [-0.25, -0.2) is 9.37 Å². The van der Waals surface area contributed by atoms with E-state index in [9.17, 15) is 9.18 Å². The molecule has 0 saturated heterocycles. The van der Waals surface area contributed by atoms with Gasteiger partial charge in [0.1, 0.15) is 23.7 Å². The topological polar surface area (TPSA) is 79.8 Å². The highest BCUT2D eigenvalue weighted by atomic mass is 19.1. The second-order valence-electron chi connectivity index (χ2n) is 7.84. The number of nitrogens with one attached hydrogen (secondary N) is 1. The molecule has 1 aromatic heterocycles. The Hall–Kier alpha value is -3.10. The van der Waals surface area contributed by atoms with Crippen molar-refractivity contribution in [1.29, 1.82) is 0 Å². The number of hydrogen-bond acceptors (Lipinski definition) is 7. The molecule has 2 aromatic rings. The van der Waals surface area contributed by atoms with Crippen LogP contribution in [0.2, 0.25) is 0 Å². The van der Waals surface area contributed by atoms with E-state index in [0.29, 0.717) is 17.4 Å². The SMILES string of the molecule is COc1cc(F)ccc1O[C@H]1C[C@H](Nc2nc(C)c3c(n2)N(C)[C@@H](C)C(=O)N3C)C1. The second kappa shape index (κ2) is 7.62. The number of benzene rings is 1. The van der Waals surface area contributed by atoms with Crippen LogP contribution in [0.25, 0.3) is 0 Å². The summed E-state index contributed by atoms with van der Waals surface area (Å²) in [7, 11) is 5.12. The summed E-state index contributed by atoms with van der Waals surface area (Å²) in [6, 6.07) is 4.14. The van der Waals surface area contributed by atoms with Crippen LogP contribution in [-0.4, -0.2) is 55.3 Å². The van der Waals surface area contributed by atoms with E-state index >= 15 is 0 Å². The summed E-state index contributed by atoms with van der Waals surface area (Å²) in [5, 5.41) is 3.36. The Labute approximate surface area is 175 Å². The van der Waals surface area contributed by atoms with Crippen molar-refractivity contribution in [3.63, 3.8) is 0 Å². The maximum absolute atomic E-state index is 13.3. The Balaban J connectivity index is 1.42. The Kier molecular flexibility index (Phi) is 5.13. The van der Waals surface area contributed by atoms with E-state index in [1.165, 1.54) is 19.2 Å². The molecule has 1 aliphatic carbocycles. The first kappa shape index (κ1) is 20.2. The number of methoxy groups -OCH3 is 1. The van der Waals surface area contributed by atoms with E-state index in [2.05, 4.69) is 15.3 Å². The Morgan fingerprint density at radius 2 is 1.93 bits per heavy atom. The van der Waals surface area contributed by atoms with Crippen molar-refractivity contribution >= 4 is 23.4 Å². The minimum absolute atomic E-state index is 0.00651. The zero-order chi connectivity index (χ0) is 21.6. The fourth-order valence-corrected chi connectivity index (χ4v) is 3.88. The third-order valence-corrected chi connectivity index (χ3v) is 5.83. The predicted molar refractivity (Wildman–Crippen MR) is 112 cm³/mol. The molecule has 0 radical (unpaired) electrons. The number of likely N-dealkylation sites (N-methyl/N-ethyl adjacent to an activating group) is 2. The van der Waals surface area contributed by atoms with Gasteiger partial charge in [0, 0.05) is 39.0 Å². The normalized spacial score (nSPS) is 23.0. The molecule has 1 N–H and O–H groups in total. The largest absolute Gasteiger partial charge is 0.493 e. The summed E-state index contributed by atoms with van der Waals surface area (Å²) in [5.41, 5.74) is 1.49. The van der Waals surface area contributed by atoms with Crippen molar-refractivity contribution in [2.45, 2.75) is 44.9 Å². The van der Waals surface area contributed by atoms with Crippen LogP contribution < -0.4 is 24.6 Å². The molecule has 0 bridgehead atoms. The molecule has 8 nitrogen and oxygen atoms in total. The average Bonchev–Trinajstić information content (AvgIpc) is 2.69. The Morgan fingerprint density at radius 1 is 1.20 bits per heavy atom. The van der Waals surface area contributed by atoms with Gasteiger partial charge in [0.25, 0.3) is 0 Å². The third-order valence-electron chi connectivity index (χ3n) is 5.83. The van der Waals surface area contributed by atoms with Crippen LogP contribution in [0.4, 0.5) is 21.8 Å². The number of halogens is 1. The molecule has 9 heteroatoms. The van der Waals surface area contributed by atoms with E-state index < -0.39 is 0 Å². The highest BCUT2D eigenvalue weighted by molar-refractivity contribution is 6.04. The number of anilines is 3. The number of carbonyl (C=O) groups is 1. The summed E-state index contributed by atoms with van der Waals surface area (Å²) >= 11 is 0. The fourth-order valence-electron chi connectivity index (χ4n) is 3.88. The second-order valence-corrected chi connectivity index (χ2v) is 7.84. The van der Waals surface area contributed by atoms with E-state index in [0.717, 1.165) is 30.0 Å². The van der Waals surface area contributed by atoms with Gasteiger partial charge in [0.15, 0.2) is 17.3 Å². The van der Waals surface area contributed by atoms with Crippen LogP contribution >= 0.6 is 0 Å². The van der Waals surface area contributed by atoms with Crippen molar-refractivity contribution in [2.75, 3.05) is 36.3 Å². The van der Waals surface area contributed by atoms with Gasteiger partial charge in [0.05, 0.1) is 12.8 Å². The lowest BCUT2D eigenvalue weighted by Crippen LogP contribution is -2.50. The molecule has 2 heterocycles. The summed E-state index contributed by atoms with van der Waals surface area (Å²) < 4.78 is 24.5. The standard InChI is InChI=1S/C21H26FN5O3/c1-11-18-19(26(3)12(2)20(28)27(18)4)25-21(23-11)24-14-9-15(10-14)30-16-7-6-13(22)8-17(16)29-5/h6-8,12,14-15H,9-10H2,1-5H3,(H,23,24,25)/t12-,14-,15-/m0/s1. The maximum atomic E-state index is 13.3. The molecular formula is C21H26FN5O3. The summed E-state index contributed by atoms with van der Waals surface area (Å²) in [6.07, 6.45) is 1.54. The van der Waals surface area contributed by atoms with E-state index in [-0.39, 0.29) is 29.9 Å². The van der Waals surface area contributed by atoms with Crippen molar-refractivity contribution in [1.82, 2.24) is 9.97 Å². The van der Waals surface area contributed by atoms with Gasteiger partial charge < -0.3 is 24.6 Å². The number of ether oxygens (including phenoxy) is 2. The number of amides is 1. The monoisotopic (exact) mass is 415 g/mol. The predicted octanol–water partition coefficient (Wildman–Crippen LogP) is 2.76. The van der Waals surface area contributed by atoms with Crippen molar-refractivity contribution in [3.8, 4) is 11.5 Å². The van der Waals surface area contributed by atoms with Gasteiger partial charge in [-0.1, -0.05) is 0 Å². The molecule has 2 aliphatic rings. The molecule has 1 aromatic carbocycles. The number of fused-ring (bicyclic) bond motifs is 1. The van der Waals surface area contributed by atoms with Gasteiger partial charge in [0.2, 0.25) is 11.9 Å². The highest BCUT2D eigenvalue weighted by Gasteiger charge is 2.36. The number of nitrogens with zero attached hydrogens (tertiary/aromatic N) is 4. The molecule has 160 valence electrons. The molecule has 1 fully saturated rings. The van der Waals surface area contributed by atoms with Gasteiger partial charge in [-0.3, -0.25) is 4.79 Å². The van der Waals surface area contributed by atoms with Crippen LogP contribution in [0.15, 0.2) is 18.2 Å². The molecule has 30 heavy (non-hydrogen) atoms. The number of carbonyl (C=O) groups excluding carboxylic acids is 1. The lowest BCUT2D eigenvalue weighted by molar-refractivity contribution is -0.119. The zero-order valence-corrected chi connectivity index (χ0v) is 17.8. The average molecular weight is 415 g/mol. The van der Waals surface area contributed by atoms with Gasteiger partial charge in [-0.15, -0.1) is 0 Å². The first-order valence-electron chi connectivity index (χ1n) is 9.94. The van der Waals surface area contributed by atoms with Crippen LogP contribution in [0.5, 0.6) is 11.5 Å². The molecule has 0 spiro atoms. The fraction of sp³-hybridized carbons (Fsp3) is 0.476. The minimum atomic E-state index is -0.362. The highest BCUT2D eigenvalue weighted by Crippen LogP contribution is 2.37. The maximum Gasteiger partial charge on any atom is 0.249 e.